The fourth-order valence-electron chi connectivity index (χ4n) is 1.58. The minimum Gasteiger partial charge on any atom is -0.422 e. The zero-order chi connectivity index (χ0) is 13.7. The van der Waals surface area contributed by atoms with Crippen LogP contribution in [0, 0.1) is 11.3 Å². The molecule has 0 saturated heterocycles. The molecule has 94 valence electrons. The van der Waals surface area contributed by atoms with E-state index in [1.807, 2.05) is 48.7 Å². The first kappa shape index (κ1) is 13.2. The minimum atomic E-state index is -0.595. The quantitative estimate of drug-likeness (QED) is 0.801. The molecular weight excluding hydrogens is 258 g/mol. The molecule has 1 aromatic carbocycles. The van der Waals surface area contributed by atoms with Crippen LogP contribution in [-0.4, -0.2) is 6.26 Å². The van der Waals surface area contributed by atoms with Crippen molar-refractivity contribution in [2.75, 3.05) is 6.26 Å². The molecule has 2 rings (SSSR count). The van der Waals surface area contributed by atoms with Gasteiger partial charge < -0.3 is 4.42 Å². The van der Waals surface area contributed by atoms with Crippen molar-refractivity contribution in [1.82, 2.24) is 0 Å². The van der Waals surface area contributed by atoms with Gasteiger partial charge in [-0.3, -0.25) is 0 Å². The zero-order valence-electron chi connectivity index (χ0n) is 10.3. The summed E-state index contributed by atoms with van der Waals surface area (Å²) >= 11 is 1.35. The van der Waals surface area contributed by atoms with Gasteiger partial charge in [-0.15, -0.1) is 11.8 Å². The average molecular weight is 269 g/mol. The van der Waals surface area contributed by atoms with Crippen LogP contribution >= 0.6 is 11.8 Å². The highest BCUT2D eigenvalue weighted by molar-refractivity contribution is 7.98. The summed E-state index contributed by atoms with van der Waals surface area (Å²) in [6.07, 6.45) is 5.40. The predicted molar refractivity (Wildman–Crippen MR) is 76.8 cm³/mol. The molecule has 1 aromatic heterocycles. The monoisotopic (exact) mass is 269 g/mol. The second kappa shape index (κ2) is 6.07. The normalized spacial score (nSPS) is 10.5. The number of hydrogen-bond donors (Lipinski definition) is 0. The van der Waals surface area contributed by atoms with E-state index in [1.165, 1.54) is 11.8 Å². The topological polar surface area (TPSA) is 54.0 Å². The third-order valence-electron chi connectivity index (χ3n) is 2.51. The number of nitrogens with zero attached hydrogens (tertiary/aromatic N) is 1. The van der Waals surface area contributed by atoms with Crippen LogP contribution in [0.2, 0.25) is 0 Å². The summed E-state index contributed by atoms with van der Waals surface area (Å²) in [5.41, 5.74) is 0.478. The van der Waals surface area contributed by atoms with Gasteiger partial charge in [0.1, 0.15) is 11.8 Å². The average Bonchev–Trinajstić information content (AvgIpc) is 2.45. The van der Waals surface area contributed by atoms with E-state index in [0.29, 0.717) is 10.7 Å². The van der Waals surface area contributed by atoms with Crippen molar-refractivity contribution in [1.29, 1.82) is 5.26 Å². The summed E-state index contributed by atoms with van der Waals surface area (Å²) in [6, 6.07) is 13.3. The third kappa shape index (κ3) is 3.15. The van der Waals surface area contributed by atoms with Crippen molar-refractivity contribution in [3.8, 4) is 6.07 Å². The summed E-state index contributed by atoms with van der Waals surface area (Å²) in [5.74, 6) is 0.442. The molecule has 0 fully saturated rings. The van der Waals surface area contributed by atoms with Crippen molar-refractivity contribution in [3.63, 3.8) is 0 Å². The fraction of sp³-hybridized carbons (Fsp3) is 0.0667. The Labute approximate surface area is 115 Å². The molecule has 4 heteroatoms. The Morgan fingerprint density at radius 1 is 1.26 bits per heavy atom. The van der Waals surface area contributed by atoms with Gasteiger partial charge in [0.25, 0.3) is 0 Å². The Morgan fingerprint density at radius 2 is 2.00 bits per heavy atom. The van der Waals surface area contributed by atoms with E-state index < -0.39 is 5.63 Å². The second-order valence-electron chi connectivity index (χ2n) is 3.74. The SMILES string of the molecule is CSc1cc(C=Cc2ccccc2)oc(=O)c1C#N. The number of benzene rings is 1. The van der Waals surface area contributed by atoms with E-state index in [2.05, 4.69) is 0 Å². The van der Waals surface area contributed by atoms with Gasteiger partial charge in [0.2, 0.25) is 0 Å². The molecule has 0 N–H and O–H groups in total. The lowest BCUT2D eigenvalue weighted by Gasteiger charge is -2.00. The lowest BCUT2D eigenvalue weighted by Crippen LogP contribution is -2.06. The first-order valence-corrected chi connectivity index (χ1v) is 6.82. The molecule has 0 bridgehead atoms. The standard InChI is InChI=1S/C15H11NO2S/c1-19-14-9-12(18-15(17)13(14)10-16)8-7-11-5-3-2-4-6-11/h2-9H,1H3. The molecule has 19 heavy (non-hydrogen) atoms. The van der Waals surface area contributed by atoms with Crippen LogP contribution in [-0.2, 0) is 0 Å². The summed E-state index contributed by atoms with van der Waals surface area (Å²) in [4.78, 5) is 12.3. The molecule has 0 unspecified atom stereocenters. The van der Waals surface area contributed by atoms with Crippen LogP contribution in [0.3, 0.4) is 0 Å². The third-order valence-corrected chi connectivity index (χ3v) is 3.27. The Bertz CT molecular complexity index is 696. The van der Waals surface area contributed by atoms with Crippen molar-refractivity contribution < 1.29 is 4.42 Å². The molecule has 3 nitrogen and oxygen atoms in total. The van der Waals surface area contributed by atoms with Crippen molar-refractivity contribution in [3.05, 3.63) is 63.7 Å². The van der Waals surface area contributed by atoms with E-state index in [-0.39, 0.29) is 5.56 Å². The van der Waals surface area contributed by atoms with Crippen LogP contribution in [0.5, 0.6) is 0 Å². The van der Waals surface area contributed by atoms with Crippen molar-refractivity contribution >= 4 is 23.9 Å². The van der Waals surface area contributed by atoms with Gasteiger partial charge in [-0.05, 0) is 24.0 Å². The van der Waals surface area contributed by atoms with Crippen LogP contribution < -0.4 is 5.63 Å². The maximum atomic E-state index is 11.6. The predicted octanol–water partition coefficient (Wildman–Crippen LogP) is 3.40. The summed E-state index contributed by atoms with van der Waals surface area (Å²) in [7, 11) is 0. The Morgan fingerprint density at radius 3 is 2.63 bits per heavy atom. The smallest absolute Gasteiger partial charge is 0.355 e. The molecular formula is C15H11NO2S. The molecule has 2 aromatic rings. The van der Waals surface area contributed by atoms with Crippen LogP contribution in [0.25, 0.3) is 12.2 Å². The molecule has 0 atom stereocenters. The van der Waals surface area contributed by atoms with Crippen LogP contribution in [0.15, 0.2) is 50.5 Å². The van der Waals surface area contributed by atoms with Gasteiger partial charge in [-0.25, -0.2) is 4.79 Å². The first-order valence-electron chi connectivity index (χ1n) is 5.60. The molecule has 0 aliphatic heterocycles. The number of nitriles is 1. The van der Waals surface area contributed by atoms with Crippen molar-refractivity contribution in [2.24, 2.45) is 0 Å². The number of thioether (sulfide) groups is 1. The van der Waals surface area contributed by atoms with Gasteiger partial charge in [0.15, 0.2) is 5.56 Å². The highest BCUT2D eigenvalue weighted by Gasteiger charge is 2.09. The lowest BCUT2D eigenvalue weighted by molar-refractivity contribution is 0.494. The van der Waals surface area contributed by atoms with E-state index in [1.54, 1.807) is 12.1 Å². The van der Waals surface area contributed by atoms with E-state index in [4.69, 9.17) is 9.68 Å². The zero-order valence-corrected chi connectivity index (χ0v) is 11.1. The molecule has 1 heterocycles. The molecule has 0 spiro atoms. The molecule has 0 saturated carbocycles. The van der Waals surface area contributed by atoms with E-state index in [0.717, 1.165) is 5.56 Å². The summed E-state index contributed by atoms with van der Waals surface area (Å²) < 4.78 is 5.09. The van der Waals surface area contributed by atoms with Crippen LogP contribution in [0.1, 0.15) is 16.9 Å². The first-order chi connectivity index (χ1) is 9.24. The van der Waals surface area contributed by atoms with Gasteiger partial charge >= 0.3 is 5.63 Å². The second-order valence-corrected chi connectivity index (χ2v) is 4.58. The maximum absolute atomic E-state index is 11.6. The van der Waals surface area contributed by atoms with Gasteiger partial charge in [0, 0.05) is 4.90 Å². The molecule has 0 amide bonds. The number of hydrogen-bond acceptors (Lipinski definition) is 4. The Hall–Kier alpha value is -2.25. The summed E-state index contributed by atoms with van der Waals surface area (Å²) in [6.45, 7) is 0. The maximum Gasteiger partial charge on any atom is 0.355 e. The van der Waals surface area contributed by atoms with Crippen molar-refractivity contribution in [2.45, 2.75) is 4.90 Å². The highest BCUT2D eigenvalue weighted by atomic mass is 32.2. The molecule has 0 aliphatic rings. The summed E-state index contributed by atoms with van der Waals surface area (Å²) in [5, 5.41) is 8.89. The molecule has 0 radical (unpaired) electrons. The Kier molecular flexibility index (Phi) is 4.22. The largest absolute Gasteiger partial charge is 0.422 e. The highest BCUT2D eigenvalue weighted by Crippen LogP contribution is 2.19. The van der Waals surface area contributed by atoms with Gasteiger partial charge in [0.05, 0.1) is 0 Å². The Balaban J connectivity index is 2.38. The minimum absolute atomic E-state index is 0.0596. The van der Waals surface area contributed by atoms with E-state index in [9.17, 15) is 4.79 Å². The van der Waals surface area contributed by atoms with Gasteiger partial charge in [-0.2, -0.15) is 5.26 Å². The van der Waals surface area contributed by atoms with E-state index >= 15 is 0 Å². The molecule has 0 aliphatic carbocycles. The van der Waals surface area contributed by atoms with Crippen LogP contribution in [0.4, 0.5) is 0 Å². The lowest BCUT2D eigenvalue weighted by atomic mass is 10.2. The number of rotatable bonds is 3. The fourth-order valence-corrected chi connectivity index (χ4v) is 2.14. The van der Waals surface area contributed by atoms with Gasteiger partial charge in [-0.1, -0.05) is 36.4 Å².